The van der Waals surface area contributed by atoms with Gasteiger partial charge in [0.25, 0.3) is 0 Å². The van der Waals surface area contributed by atoms with E-state index in [1.807, 2.05) is 31.2 Å². The molecule has 0 spiro atoms. The SMILES string of the molecule is CCCCOP(=O)(OCCCC)c1ccc(C)cc1. The van der Waals surface area contributed by atoms with E-state index in [-0.39, 0.29) is 0 Å². The molecule has 0 aliphatic heterocycles. The van der Waals surface area contributed by atoms with Gasteiger partial charge in [0, 0.05) is 0 Å². The van der Waals surface area contributed by atoms with Crippen LogP contribution in [-0.2, 0) is 13.6 Å². The van der Waals surface area contributed by atoms with E-state index < -0.39 is 7.60 Å². The van der Waals surface area contributed by atoms with E-state index in [1.54, 1.807) is 0 Å². The van der Waals surface area contributed by atoms with Gasteiger partial charge in [0.15, 0.2) is 0 Å². The molecule has 0 radical (unpaired) electrons. The molecule has 0 saturated carbocycles. The van der Waals surface area contributed by atoms with E-state index in [0.29, 0.717) is 18.5 Å². The lowest BCUT2D eigenvalue weighted by Crippen LogP contribution is -2.11. The van der Waals surface area contributed by atoms with Crippen LogP contribution in [0.1, 0.15) is 45.1 Å². The molecule has 0 fully saturated rings. The summed E-state index contributed by atoms with van der Waals surface area (Å²) in [5, 5.41) is 0.658. The van der Waals surface area contributed by atoms with Crippen LogP contribution in [0, 0.1) is 6.92 Å². The molecule has 0 unspecified atom stereocenters. The van der Waals surface area contributed by atoms with Gasteiger partial charge in [-0.2, -0.15) is 0 Å². The van der Waals surface area contributed by atoms with Crippen LogP contribution in [0.25, 0.3) is 0 Å². The van der Waals surface area contributed by atoms with Crippen LogP contribution in [0.4, 0.5) is 0 Å². The van der Waals surface area contributed by atoms with Crippen LogP contribution < -0.4 is 5.30 Å². The standard InChI is InChI=1S/C15H25O3P/c1-4-6-12-17-19(16,18-13-7-5-2)15-10-8-14(3)9-11-15/h8-11H,4-7,12-13H2,1-3H3. The summed E-state index contributed by atoms with van der Waals surface area (Å²) in [7, 11) is -3.15. The number of hydrogen-bond acceptors (Lipinski definition) is 3. The fraction of sp³-hybridized carbons (Fsp3) is 0.600. The topological polar surface area (TPSA) is 35.5 Å². The van der Waals surface area contributed by atoms with Gasteiger partial charge in [-0.3, -0.25) is 4.57 Å². The van der Waals surface area contributed by atoms with Crippen LogP contribution in [-0.4, -0.2) is 13.2 Å². The van der Waals surface area contributed by atoms with Gasteiger partial charge in [0.05, 0.1) is 18.5 Å². The molecule has 1 aromatic rings. The second-order valence-electron chi connectivity index (χ2n) is 4.71. The average molecular weight is 284 g/mol. The second kappa shape index (κ2) is 8.52. The number of hydrogen-bond donors (Lipinski definition) is 0. The van der Waals surface area contributed by atoms with Crippen LogP contribution in [0.15, 0.2) is 24.3 Å². The zero-order chi connectivity index (χ0) is 14.1. The van der Waals surface area contributed by atoms with Crippen molar-refractivity contribution in [3.8, 4) is 0 Å². The molecule has 108 valence electrons. The Morgan fingerprint density at radius 2 is 1.42 bits per heavy atom. The Balaban J connectivity index is 2.77. The minimum Gasteiger partial charge on any atom is -0.305 e. The lowest BCUT2D eigenvalue weighted by molar-refractivity contribution is 0.208. The number of benzene rings is 1. The number of rotatable bonds is 9. The number of unbranched alkanes of at least 4 members (excludes halogenated alkanes) is 2. The van der Waals surface area contributed by atoms with Crippen LogP contribution >= 0.6 is 7.60 Å². The summed E-state index contributed by atoms with van der Waals surface area (Å²) in [6.07, 6.45) is 3.83. The Morgan fingerprint density at radius 3 is 1.84 bits per heavy atom. The largest absolute Gasteiger partial charge is 0.361 e. The molecule has 0 N–H and O–H groups in total. The molecule has 0 bridgehead atoms. The van der Waals surface area contributed by atoms with E-state index in [0.717, 1.165) is 31.2 Å². The maximum absolute atomic E-state index is 12.8. The van der Waals surface area contributed by atoms with Crippen molar-refractivity contribution in [2.45, 2.75) is 46.5 Å². The van der Waals surface area contributed by atoms with E-state index in [1.165, 1.54) is 0 Å². The normalized spacial score (nSPS) is 11.7. The molecular formula is C15H25O3P. The van der Waals surface area contributed by atoms with Crippen molar-refractivity contribution in [2.75, 3.05) is 13.2 Å². The molecule has 0 saturated heterocycles. The highest BCUT2D eigenvalue weighted by Gasteiger charge is 2.27. The van der Waals surface area contributed by atoms with Gasteiger partial charge in [-0.15, -0.1) is 0 Å². The third-order valence-corrected chi connectivity index (χ3v) is 4.84. The minimum atomic E-state index is -3.15. The smallest absolute Gasteiger partial charge is 0.305 e. The van der Waals surface area contributed by atoms with E-state index in [9.17, 15) is 4.57 Å². The average Bonchev–Trinajstić information content (AvgIpc) is 2.40. The van der Waals surface area contributed by atoms with E-state index >= 15 is 0 Å². The lowest BCUT2D eigenvalue weighted by Gasteiger charge is -2.18. The van der Waals surface area contributed by atoms with Gasteiger partial charge in [-0.1, -0.05) is 44.4 Å². The van der Waals surface area contributed by atoms with Gasteiger partial charge < -0.3 is 9.05 Å². The van der Waals surface area contributed by atoms with Crippen molar-refractivity contribution in [1.29, 1.82) is 0 Å². The van der Waals surface area contributed by atoms with Crippen LogP contribution in [0.2, 0.25) is 0 Å². The van der Waals surface area contributed by atoms with E-state index in [4.69, 9.17) is 9.05 Å². The molecule has 0 atom stereocenters. The van der Waals surface area contributed by atoms with Gasteiger partial charge in [-0.25, -0.2) is 0 Å². The van der Waals surface area contributed by atoms with Gasteiger partial charge in [0.1, 0.15) is 0 Å². The minimum absolute atomic E-state index is 0.480. The van der Waals surface area contributed by atoms with Crippen molar-refractivity contribution in [1.82, 2.24) is 0 Å². The molecule has 0 aromatic heterocycles. The summed E-state index contributed by atoms with van der Waals surface area (Å²) in [6.45, 7) is 7.13. The Labute approximate surface area is 116 Å². The maximum atomic E-state index is 12.8. The Morgan fingerprint density at radius 1 is 0.947 bits per heavy atom. The fourth-order valence-electron chi connectivity index (χ4n) is 1.57. The first-order valence-corrected chi connectivity index (χ1v) is 8.63. The van der Waals surface area contributed by atoms with Crippen LogP contribution in [0.3, 0.4) is 0 Å². The highest BCUT2D eigenvalue weighted by atomic mass is 31.2. The fourth-order valence-corrected chi connectivity index (χ4v) is 3.20. The zero-order valence-electron chi connectivity index (χ0n) is 12.2. The summed E-state index contributed by atoms with van der Waals surface area (Å²) in [5.41, 5.74) is 1.14. The van der Waals surface area contributed by atoms with Crippen molar-refractivity contribution in [3.63, 3.8) is 0 Å². The molecule has 1 aromatic carbocycles. The van der Waals surface area contributed by atoms with Crippen molar-refractivity contribution in [2.24, 2.45) is 0 Å². The first-order chi connectivity index (χ1) is 9.12. The maximum Gasteiger partial charge on any atom is 0.361 e. The highest BCUT2D eigenvalue weighted by molar-refractivity contribution is 7.62. The Hall–Kier alpha value is -0.630. The summed E-state index contributed by atoms with van der Waals surface area (Å²) < 4.78 is 24.0. The second-order valence-corrected chi connectivity index (χ2v) is 6.73. The summed E-state index contributed by atoms with van der Waals surface area (Å²) >= 11 is 0. The van der Waals surface area contributed by atoms with Crippen molar-refractivity contribution < 1.29 is 13.6 Å². The molecule has 0 heterocycles. The monoisotopic (exact) mass is 284 g/mol. The third-order valence-electron chi connectivity index (χ3n) is 2.87. The summed E-state index contributed by atoms with van der Waals surface area (Å²) in [5.74, 6) is 0. The highest BCUT2D eigenvalue weighted by Crippen LogP contribution is 2.47. The molecule has 3 nitrogen and oxygen atoms in total. The number of aryl methyl sites for hydroxylation is 1. The van der Waals surface area contributed by atoms with Gasteiger partial charge in [0.2, 0.25) is 0 Å². The predicted molar refractivity (Wildman–Crippen MR) is 80.1 cm³/mol. The van der Waals surface area contributed by atoms with E-state index in [2.05, 4.69) is 13.8 Å². The quantitative estimate of drug-likeness (QED) is 0.496. The first kappa shape index (κ1) is 16.4. The molecule has 0 aliphatic rings. The molecule has 0 aliphatic carbocycles. The lowest BCUT2D eigenvalue weighted by atomic mass is 10.2. The van der Waals surface area contributed by atoms with Gasteiger partial charge in [-0.05, 0) is 31.9 Å². The molecule has 1 rings (SSSR count). The van der Waals surface area contributed by atoms with Gasteiger partial charge >= 0.3 is 7.60 Å². The summed E-state index contributed by atoms with van der Waals surface area (Å²) in [4.78, 5) is 0. The molecular weight excluding hydrogens is 259 g/mol. The first-order valence-electron chi connectivity index (χ1n) is 7.08. The van der Waals surface area contributed by atoms with Crippen LogP contribution in [0.5, 0.6) is 0 Å². The Kier molecular flexibility index (Phi) is 7.37. The van der Waals surface area contributed by atoms with Crippen molar-refractivity contribution >= 4 is 12.9 Å². The Bertz CT molecular complexity index is 386. The molecule has 0 amide bonds. The van der Waals surface area contributed by atoms with Crippen molar-refractivity contribution in [3.05, 3.63) is 29.8 Å². The zero-order valence-corrected chi connectivity index (χ0v) is 13.1. The third kappa shape index (κ3) is 5.48. The predicted octanol–water partition coefficient (Wildman–Crippen LogP) is 4.45. The molecule has 19 heavy (non-hydrogen) atoms. The summed E-state index contributed by atoms with van der Waals surface area (Å²) in [6, 6.07) is 7.56. The molecule has 4 heteroatoms.